The van der Waals surface area contributed by atoms with Gasteiger partial charge in [-0.25, -0.2) is 0 Å². The number of Topliss-reactive ketones (excluding diaryl/α,β-unsaturated/α-hetero) is 1. The molecule has 1 amide bonds. The zero-order chi connectivity index (χ0) is 19.6. The maximum Gasteiger partial charge on any atom is 0.223 e. The highest BCUT2D eigenvalue weighted by molar-refractivity contribution is 5.97. The summed E-state index contributed by atoms with van der Waals surface area (Å²) in [6.45, 7) is 6.05. The Hall–Kier alpha value is -1.72. The molecule has 5 heteroatoms. The Kier molecular flexibility index (Phi) is 8.95. The van der Waals surface area contributed by atoms with Crippen molar-refractivity contribution in [3.05, 3.63) is 35.4 Å². The predicted molar refractivity (Wildman–Crippen MR) is 106 cm³/mol. The maximum atomic E-state index is 12.3. The van der Waals surface area contributed by atoms with Gasteiger partial charge in [0.05, 0.1) is 19.8 Å². The molecule has 1 aromatic carbocycles. The fraction of sp³-hybridized carbons (Fsp3) is 0.636. The van der Waals surface area contributed by atoms with E-state index in [2.05, 4.69) is 17.4 Å². The van der Waals surface area contributed by atoms with Crippen LogP contribution < -0.4 is 5.32 Å². The molecule has 27 heavy (non-hydrogen) atoms. The summed E-state index contributed by atoms with van der Waals surface area (Å²) in [6, 6.07) is 8.05. The van der Waals surface area contributed by atoms with Crippen molar-refractivity contribution in [3.63, 3.8) is 0 Å². The molecule has 1 saturated carbocycles. The van der Waals surface area contributed by atoms with E-state index in [1.54, 1.807) is 7.11 Å². The molecular formula is C22H33NO4. The number of rotatable bonds is 10. The first-order valence-electron chi connectivity index (χ1n) is 10.0. The second-order valence-electron chi connectivity index (χ2n) is 7.59. The Morgan fingerprint density at radius 2 is 1.70 bits per heavy atom. The lowest BCUT2D eigenvalue weighted by Crippen LogP contribution is -2.35. The number of hydrogen-bond donors (Lipinski definition) is 1. The molecule has 0 unspecified atom stereocenters. The minimum atomic E-state index is 0.0233. The zero-order valence-electron chi connectivity index (χ0n) is 16.8. The van der Waals surface area contributed by atoms with Crippen molar-refractivity contribution in [2.45, 2.75) is 45.4 Å². The van der Waals surface area contributed by atoms with Crippen molar-refractivity contribution in [2.24, 2.45) is 11.8 Å². The average Bonchev–Trinajstić information content (AvgIpc) is 2.70. The Bertz CT molecular complexity index is 589. The van der Waals surface area contributed by atoms with Crippen LogP contribution >= 0.6 is 0 Å². The topological polar surface area (TPSA) is 64.6 Å². The van der Waals surface area contributed by atoms with Gasteiger partial charge >= 0.3 is 0 Å². The molecule has 1 N–H and O–H groups in total. The first-order chi connectivity index (χ1) is 13.0. The number of nitrogens with one attached hydrogen (secondary N) is 1. The number of carbonyl (C=O) groups excluding carboxylic acids is 2. The Labute approximate surface area is 162 Å². The molecule has 0 spiro atoms. The molecule has 0 heterocycles. The van der Waals surface area contributed by atoms with Crippen LogP contribution in [0.15, 0.2) is 24.3 Å². The highest BCUT2D eigenvalue weighted by Crippen LogP contribution is 2.36. The lowest BCUT2D eigenvalue weighted by molar-refractivity contribution is -0.126. The number of amides is 1. The smallest absolute Gasteiger partial charge is 0.223 e. The lowest BCUT2D eigenvalue weighted by atomic mass is 9.78. The third-order valence-electron chi connectivity index (χ3n) is 5.27. The average molecular weight is 376 g/mol. The molecule has 0 aliphatic heterocycles. The summed E-state index contributed by atoms with van der Waals surface area (Å²) in [4.78, 5) is 24.3. The molecule has 5 nitrogen and oxygen atoms in total. The van der Waals surface area contributed by atoms with E-state index in [1.807, 2.05) is 26.0 Å². The molecule has 150 valence electrons. The fourth-order valence-electron chi connectivity index (χ4n) is 3.58. The van der Waals surface area contributed by atoms with Gasteiger partial charge in [0, 0.05) is 31.1 Å². The number of ether oxygens (including phenoxy) is 2. The molecule has 1 aliphatic rings. The Morgan fingerprint density at radius 1 is 1.04 bits per heavy atom. The normalized spacial score (nSPS) is 19.9. The number of carbonyl (C=O) groups is 2. The Balaban J connectivity index is 1.73. The van der Waals surface area contributed by atoms with Gasteiger partial charge in [-0.05, 0) is 37.2 Å². The minimum absolute atomic E-state index is 0.0233. The highest BCUT2D eigenvalue weighted by atomic mass is 16.5. The van der Waals surface area contributed by atoms with Gasteiger partial charge in [-0.3, -0.25) is 9.59 Å². The summed E-state index contributed by atoms with van der Waals surface area (Å²) in [6.07, 6.45) is 3.85. The molecule has 0 radical (unpaired) electrons. The quantitative estimate of drug-likeness (QED) is 0.501. The van der Waals surface area contributed by atoms with Gasteiger partial charge in [0.25, 0.3) is 0 Å². The number of benzene rings is 1. The van der Waals surface area contributed by atoms with E-state index in [4.69, 9.17) is 9.47 Å². The summed E-state index contributed by atoms with van der Waals surface area (Å²) in [5.41, 5.74) is 2.07. The number of hydrogen-bond acceptors (Lipinski definition) is 4. The molecule has 2 rings (SSSR count). The van der Waals surface area contributed by atoms with Crippen LogP contribution in [0.4, 0.5) is 0 Å². The monoisotopic (exact) mass is 375 g/mol. The summed E-state index contributed by atoms with van der Waals surface area (Å²) < 4.78 is 10.3. The van der Waals surface area contributed by atoms with Gasteiger partial charge in [-0.1, -0.05) is 38.1 Å². The van der Waals surface area contributed by atoms with E-state index in [0.717, 1.165) is 31.2 Å². The maximum absolute atomic E-state index is 12.3. The summed E-state index contributed by atoms with van der Waals surface area (Å²) in [5, 5.41) is 2.97. The minimum Gasteiger partial charge on any atom is -0.382 e. The van der Waals surface area contributed by atoms with Gasteiger partial charge in [-0.2, -0.15) is 0 Å². The van der Waals surface area contributed by atoms with Crippen LogP contribution in [0.2, 0.25) is 0 Å². The summed E-state index contributed by atoms with van der Waals surface area (Å²) in [7, 11) is 1.64. The van der Waals surface area contributed by atoms with Crippen molar-refractivity contribution in [1.29, 1.82) is 0 Å². The van der Waals surface area contributed by atoms with Gasteiger partial charge in [0.15, 0.2) is 5.78 Å². The first kappa shape index (κ1) is 21.6. The molecule has 1 fully saturated rings. The fourth-order valence-corrected chi connectivity index (χ4v) is 3.58. The molecule has 0 saturated heterocycles. The largest absolute Gasteiger partial charge is 0.382 e. The van der Waals surface area contributed by atoms with Crippen LogP contribution in [-0.2, 0) is 14.3 Å². The third-order valence-corrected chi connectivity index (χ3v) is 5.27. The van der Waals surface area contributed by atoms with E-state index in [-0.39, 0.29) is 23.5 Å². The molecular weight excluding hydrogens is 342 g/mol. The standard InChI is InChI=1S/C22H33NO4/c1-16(2)21(24)19-8-4-17(5-9-19)18-6-10-20(11-7-18)22(25)23-12-13-27-15-14-26-3/h4-5,8-9,16,18,20H,6-7,10-15H2,1-3H3,(H,23,25)/t18-,20+. The van der Waals surface area contributed by atoms with Crippen molar-refractivity contribution in [3.8, 4) is 0 Å². The van der Waals surface area contributed by atoms with E-state index < -0.39 is 0 Å². The summed E-state index contributed by atoms with van der Waals surface area (Å²) in [5.74, 6) is 0.932. The van der Waals surface area contributed by atoms with Crippen molar-refractivity contribution >= 4 is 11.7 Å². The van der Waals surface area contributed by atoms with Gasteiger partial charge in [0.1, 0.15) is 0 Å². The van der Waals surface area contributed by atoms with Gasteiger partial charge in [0.2, 0.25) is 5.91 Å². The van der Waals surface area contributed by atoms with Crippen LogP contribution in [0.1, 0.15) is 61.4 Å². The van der Waals surface area contributed by atoms with Gasteiger partial charge in [-0.15, -0.1) is 0 Å². The number of ketones is 1. The van der Waals surface area contributed by atoms with Crippen LogP contribution in [0, 0.1) is 11.8 Å². The van der Waals surface area contributed by atoms with Crippen LogP contribution in [0.3, 0.4) is 0 Å². The van der Waals surface area contributed by atoms with Crippen molar-refractivity contribution < 1.29 is 19.1 Å². The van der Waals surface area contributed by atoms with Crippen LogP contribution in [-0.4, -0.2) is 45.2 Å². The molecule has 0 bridgehead atoms. The van der Waals surface area contributed by atoms with E-state index in [9.17, 15) is 9.59 Å². The SMILES string of the molecule is COCCOCCNC(=O)[C@H]1CC[C@@H](c2ccc(C(=O)C(C)C)cc2)CC1. The molecule has 1 aromatic rings. The Morgan fingerprint density at radius 3 is 2.30 bits per heavy atom. The van der Waals surface area contributed by atoms with Gasteiger partial charge < -0.3 is 14.8 Å². The lowest BCUT2D eigenvalue weighted by Gasteiger charge is -2.28. The second-order valence-corrected chi connectivity index (χ2v) is 7.59. The zero-order valence-corrected chi connectivity index (χ0v) is 16.8. The first-order valence-corrected chi connectivity index (χ1v) is 10.0. The second kappa shape index (κ2) is 11.2. The van der Waals surface area contributed by atoms with Crippen molar-refractivity contribution in [1.82, 2.24) is 5.32 Å². The molecule has 0 aromatic heterocycles. The summed E-state index contributed by atoms with van der Waals surface area (Å²) >= 11 is 0. The molecule has 0 atom stereocenters. The van der Waals surface area contributed by atoms with E-state index in [1.165, 1.54) is 5.56 Å². The van der Waals surface area contributed by atoms with E-state index in [0.29, 0.717) is 32.3 Å². The number of methoxy groups -OCH3 is 1. The van der Waals surface area contributed by atoms with Crippen molar-refractivity contribution in [2.75, 3.05) is 33.5 Å². The third kappa shape index (κ3) is 6.74. The molecule has 1 aliphatic carbocycles. The predicted octanol–water partition coefficient (Wildman–Crippen LogP) is 3.58. The van der Waals surface area contributed by atoms with E-state index >= 15 is 0 Å². The van der Waals surface area contributed by atoms with Crippen LogP contribution in [0.25, 0.3) is 0 Å². The van der Waals surface area contributed by atoms with Crippen LogP contribution in [0.5, 0.6) is 0 Å². The highest BCUT2D eigenvalue weighted by Gasteiger charge is 2.27.